The van der Waals surface area contributed by atoms with Gasteiger partial charge in [0.25, 0.3) is 5.91 Å². The van der Waals surface area contributed by atoms with Crippen LogP contribution in [0.3, 0.4) is 0 Å². The van der Waals surface area contributed by atoms with Gasteiger partial charge in [-0.25, -0.2) is 4.68 Å². The summed E-state index contributed by atoms with van der Waals surface area (Å²) in [6.07, 6.45) is 3.22. The van der Waals surface area contributed by atoms with Crippen molar-refractivity contribution in [3.8, 4) is 5.82 Å². The fourth-order valence-electron chi connectivity index (χ4n) is 2.39. The number of rotatable bonds is 3. The van der Waals surface area contributed by atoms with Crippen LogP contribution in [0.5, 0.6) is 0 Å². The zero-order chi connectivity index (χ0) is 16.0. The summed E-state index contributed by atoms with van der Waals surface area (Å²) in [5.41, 5.74) is 6.15. The molecule has 1 amide bonds. The quantitative estimate of drug-likeness (QED) is 0.600. The average molecular weight is 314 g/mol. The molecule has 0 atom stereocenters. The number of aromatic amines is 1. The Balaban J connectivity index is 1.67. The van der Waals surface area contributed by atoms with E-state index in [-0.39, 0.29) is 23.1 Å². The van der Waals surface area contributed by atoms with Crippen LogP contribution in [0.2, 0.25) is 0 Å². The van der Waals surface area contributed by atoms with E-state index in [2.05, 4.69) is 30.6 Å². The first-order valence-electron chi connectivity index (χ1n) is 6.97. The summed E-state index contributed by atoms with van der Waals surface area (Å²) in [7, 11) is 0. The minimum atomic E-state index is -0.335. The second kappa shape index (κ2) is 4.74. The van der Waals surface area contributed by atoms with Crippen LogP contribution in [0.25, 0.3) is 16.9 Å². The van der Waals surface area contributed by atoms with Gasteiger partial charge in [0.15, 0.2) is 17.2 Å². The number of carbonyl (C=O) groups excluding carboxylic acids is 1. The van der Waals surface area contributed by atoms with Crippen LogP contribution in [-0.2, 0) is 4.74 Å². The van der Waals surface area contributed by atoms with Crippen molar-refractivity contribution in [1.82, 2.24) is 35.3 Å². The lowest BCUT2D eigenvalue weighted by Gasteiger charge is -2.38. The van der Waals surface area contributed by atoms with Gasteiger partial charge in [-0.2, -0.15) is 20.2 Å². The number of carbonyl (C=O) groups is 1. The highest BCUT2D eigenvalue weighted by molar-refractivity contribution is 5.93. The molecule has 10 nitrogen and oxygen atoms in total. The molecule has 1 fully saturated rings. The first-order valence-corrected chi connectivity index (χ1v) is 6.97. The maximum Gasteiger partial charge on any atom is 0.272 e. The van der Waals surface area contributed by atoms with Crippen LogP contribution >= 0.6 is 0 Å². The second-order valence-corrected chi connectivity index (χ2v) is 5.69. The molecule has 0 bridgehead atoms. The van der Waals surface area contributed by atoms with Crippen LogP contribution in [-0.4, -0.2) is 54.6 Å². The fourth-order valence-corrected chi connectivity index (χ4v) is 2.39. The molecule has 0 aromatic carbocycles. The molecule has 10 heteroatoms. The number of hydrogen-bond acceptors (Lipinski definition) is 7. The van der Waals surface area contributed by atoms with Crippen molar-refractivity contribution in [2.24, 2.45) is 0 Å². The molecule has 3 aromatic heterocycles. The number of nitrogens with one attached hydrogen (secondary N) is 2. The number of anilines is 1. The van der Waals surface area contributed by atoms with Gasteiger partial charge in [-0.15, -0.1) is 0 Å². The summed E-state index contributed by atoms with van der Waals surface area (Å²) in [4.78, 5) is 20.5. The Morgan fingerprint density at radius 1 is 1.48 bits per heavy atom. The van der Waals surface area contributed by atoms with Gasteiger partial charge in [0.1, 0.15) is 0 Å². The number of amides is 1. The molecule has 1 aliphatic heterocycles. The predicted molar refractivity (Wildman–Crippen MR) is 79.9 cm³/mol. The molecule has 0 unspecified atom stereocenters. The summed E-state index contributed by atoms with van der Waals surface area (Å²) >= 11 is 0. The SMILES string of the molecule is CC1(NC(=O)c2ccn(-c3nc(N)nc4[nH]ncc34)n2)COC1. The number of aromatic nitrogens is 6. The molecule has 118 valence electrons. The molecular weight excluding hydrogens is 300 g/mol. The Kier molecular flexibility index (Phi) is 2.81. The zero-order valence-electron chi connectivity index (χ0n) is 12.3. The van der Waals surface area contributed by atoms with Crippen LogP contribution in [0.1, 0.15) is 17.4 Å². The summed E-state index contributed by atoms with van der Waals surface area (Å²) in [6, 6.07) is 1.61. The largest absolute Gasteiger partial charge is 0.376 e. The lowest BCUT2D eigenvalue weighted by molar-refractivity contribution is -0.0594. The van der Waals surface area contributed by atoms with E-state index in [9.17, 15) is 4.79 Å². The number of fused-ring (bicyclic) bond motifs is 1. The van der Waals surface area contributed by atoms with E-state index < -0.39 is 0 Å². The maximum atomic E-state index is 12.3. The van der Waals surface area contributed by atoms with Gasteiger partial charge in [-0.1, -0.05) is 0 Å². The van der Waals surface area contributed by atoms with Gasteiger partial charge < -0.3 is 15.8 Å². The highest BCUT2D eigenvalue weighted by Crippen LogP contribution is 2.19. The third-order valence-corrected chi connectivity index (χ3v) is 3.60. The first kappa shape index (κ1) is 13.6. The summed E-state index contributed by atoms with van der Waals surface area (Å²) in [5, 5.41) is 14.5. The monoisotopic (exact) mass is 314 g/mol. The Morgan fingerprint density at radius 2 is 2.30 bits per heavy atom. The number of H-pyrrole nitrogens is 1. The lowest BCUT2D eigenvalue weighted by atomic mass is 10.0. The highest BCUT2D eigenvalue weighted by atomic mass is 16.5. The zero-order valence-corrected chi connectivity index (χ0v) is 12.3. The molecule has 1 saturated heterocycles. The molecule has 3 aromatic rings. The fraction of sp³-hybridized carbons (Fsp3) is 0.308. The highest BCUT2D eigenvalue weighted by Gasteiger charge is 2.35. The van der Waals surface area contributed by atoms with Gasteiger partial charge in [0.2, 0.25) is 5.95 Å². The normalized spacial score (nSPS) is 16.2. The number of ether oxygens (including phenoxy) is 1. The molecule has 23 heavy (non-hydrogen) atoms. The van der Waals surface area contributed by atoms with Gasteiger partial charge in [0.05, 0.1) is 30.3 Å². The maximum absolute atomic E-state index is 12.3. The molecular formula is C13H14N8O2. The number of nitrogen functional groups attached to an aromatic ring is 1. The molecule has 1 aliphatic rings. The van der Waals surface area contributed by atoms with E-state index >= 15 is 0 Å². The number of nitrogens with zero attached hydrogens (tertiary/aromatic N) is 5. The Morgan fingerprint density at radius 3 is 3.04 bits per heavy atom. The first-order chi connectivity index (χ1) is 11.0. The third-order valence-electron chi connectivity index (χ3n) is 3.60. The van der Waals surface area contributed by atoms with Gasteiger partial charge >= 0.3 is 0 Å². The van der Waals surface area contributed by atoms with Crippen molar-refractivity contribution >= 4 is 22.9 Å². The topological polar surface area (TPSA) is 137 Å². The van der Waals surface area contributed by atoms with E-state index in [1.54, 1.807) is 18.5 Å². The van der Waals surface area contributed by atoms with Crippen molar-refractivity contribution in [3.05, 3.63) is 24.2 Å². The van der Waals surface area contributed by atoms with Crippen LogP contribution < -0.4 is 11.1 Å². The summed E-state index contributed by atoms with van der Waals surface area (Å²) < 4.78 is 6.60. The van der Waals surface area contributed by atoms with E-state index in [0.29, 0.717) is 30.1 Å². The van der Waals surface area contributed by atoms with Crippen LogP contribution in [0.4, 0.5) is 5.95 Å². The number of nitrogens with two attached hydrogens (primary N) is 1. The lowest BCUT2D eigenvalue weighted by Crippen LogP contribution is -2.59. The van der Waals surface area contributed by atoms with Crippen LogP contribution in [0.15, 0.2) is 18.5 Å². The van der Waals surface area contributed by atoms with Crippen molar-refractivity contribution < 1.29 is 9.53 Å². The minimum absolute atomic E-state index is 0.0948. The van der Waals surface area contributed by atoms with E-state index in [1.165, 1.54) is 4.68 Å². The Bertz CT molecular complexity index is 894. The number of hydrogen-bond donors (Lipinski definition) is 3. The second-order valence-electron chi connectivity index (χ2n) is 5.69. The molecule has 4 heterocycles. The smallest absolute Gasteiger partial charge is 0.272 e. The van der Waals surface area contributed by atoms with Crippen molar-refractivity contribution in [3.63, 3.8) is 0 Å². The van der Waals surface area contributed by atoms with Crippen molar-refractivity contribution in [2.45, 2.75) is 12.5 Å². The molecule has 0 aliphatic carbocycles. The molecule has 0 saturated carbocycles. The van der Waals surface area contributed by atoms with Gasteiger partial charge in [0, 0.05) is 6.20 Å². The standard InChI is InChI=1S/C13H14N8O2/c1-13(5-23-6-13)18-11(22)8-2-3-21(20-8)10-7-4-15-19-9(7)16-12(14)17-10/h2-4H,5-6H2,1H3,(H,18,22)(H3,14,15,16,17,19). The van der Waals surface area contributed by atoms with Gasteiger partial charge in [-0.05, 0) is 13.0 Å². The van der Waals surface area contributed by atoms with E-state index in [1.807, 2.05) is 6.92 Å². The molecule has 4 rings (SSSR count). The molecule has 4 N–H and O–H groups in total. The van der Waals surface area contributed by atoms with Crippen molar-refractivity contribution in [1.29, 1.82) is 0 Å². The van der Waals surface area contributed by atoms with E-state index in [4.69, 9.17) is 10.5 Å². The average Bonchev–Trinajstić information content (AvgIpc) is 3.13. The van der Waals surface area contributed by atoms with E-state index in [0.717, 1.165) is 0 Å². The van der Waals surface area contributed by atoms with Crippen molar-refractivity contribution in [2.75, 3.05) is 18.9 Å². The predicted octanol–water partition coefficient (Wildman–Crippen LogP) is -0.360. The molecule has 0 spiro atoms. The Hall–Kier alpha value is -3.01. The van der Waals surface area contributed by atoms with Gasteiger partial charge in [-0.3, -0.25) is 9.89 Å². The summed E-state index contributed by atoms with van der Waals surface area (Å²) in [5.74, 6) is 0.288. The third kappa shape index (κ3) is 2.28. The molecule has 0 radical (unpaired) electrons. The summed E-state index contributed by atoms with van der Waals surface area (Å²) in [6.45, 7) is 2.92. The minimum Gasteiger partial charge on any atom is -0.376 e. The Labute approximate surface area is 130 Å². The van der Waals surface area contributed by atoms with Crippen LogP contribution in [0, 0.1) is 0 Å².